The Morgan fingerprint density at radius 3 is 2.49 bits per heavy atom. The van der Waals surface area contributed by atoms with E-state index in [1.807, 2.05) is 21.8 Å². The SMILES string of the molecule is CC(=O)N1CCC(n2cc(C#Cc3cnc(Nc4ccnc(-c5cnn(S(=O)(=O)C6CC6)c5)n4)cc3N3CCC(C)(CO)CC3)cn2)CC1. The molecule has 0 unspecified atom stereocenters. The third kappa shape index (κ3) is 7.16. The van der Waals surface area contributed by atoms with Crippen LogP contribution >= 0.6 is 0 Å². The summed E-state index contributed by atoms with van der Waals surface area (Å²) >= 11 is 0. The summed E-state index contributed by atoms with van der Waals surface area (Å²) < 4.78 is 28.2. The summed E-state index contributed by atoms with van der Waals surface area (Å²) in [5.74, 6) is 8.12. The molecule has 0 aromatic carbocycles. The molecule has 2 N–H and O–H groups in total. The zero-order valence-electron chi connectivity index (χ0n) is 27.7. The van der Waals surface area contributed by atoms with E-state index in [0.29, 0.717) is 35.9 Å². The van der Waals surface area contributed by atoms with E-state index in [1.54, 1.807) is 31.6 Å². The summed E-state index contributed by atoms with van der Waals surface area (Å²) in [7, 11) is -3.49. The van der Waals surface area contributed by atoms with Crippen molar-refractivity contribution in [1.29, 1.82) is 0 Å². The zero-order chi connectivity index (χ0) is 34.2. The van der Waals surface area contributed by atoms with Crippen LogP contribution in [-0.2, 0) is 14.8 Å². The molecular formula is C34H40N10O4S. The fourth-order valence-corrected chi connectivity index (χ4v) is 7.76. The van der Waals surface area contributed by atoms with Crippen molar-refractivity contribution < 1.29 is 18.3 Å². The number of aliphatic hydroxyl groups excluding tert-OH is 1. The molecule has 4 aromatic heterocycles. The van der Waals surface area contributed by atoms with Gasteiger partial charge in [0.15, 0.2) is 5.82 Å². The topological polar surface area (TPSA) is 164 Å². The number of carbonyl (C=O) groups excluding carboxylic acids is 1. The van der Waals surface area contributed by atoms with E-state index < -0.39 is 10.0 Å². The minimum absolute atomic E-state index is 0.110. The summed E-state index contributed by atoms with van der Waals surface area (Å²) in [6.45, 7) is 6.86. The van der Waals surface area contributed by atoms with Gasteiger partial charge in [0.2, 0.25) is 5.91 Å². The Balaban J connectivity index is 1.11. The summed E-state index contributed by atoms with van der Waals surface area (Å²) in [6, 6.07) is 3.91. The van der Waals surface area contributed by atoms with E-state index in [1.165, 1.54) is 12.4 Å². The second kappa shape index (κ2) is 13.2. The second-order valence-corrected chi connectivity index (χ2v) is 15.5. The highest BCUT2D eigenvalue weighted by Gasteiger charge is 2.38. The maximum Gasteiger partial charge on any atom is 0.256 e. The Kier molecular flexibility index (Phi) is 8.84. The first-order valence-electron chi connectivity index (χ1n) is 16.7. The van der Waals surface area contributed by atoms with Gasteiger partial charge in [-0.05, 0) is 50.0 Å². The molecule has 1 aliphatic carbocycles. The molecule has 6 heterocycles. The number of anilines is 3. The van der Waals surface area contributed by atoms with Crippen LogP contribution in [0, 0.1) is 17.3 Å². The van der Waals surface area contributed by atoms with Crippen molar-refractivity contribution in [1.82, 2.24) is 38.8 Å². The normalized spacial score (nSPS) is 18.2. The van der Waals surface area contributed by atoms with Gasteiger partial charge < -0.3 is 20.2 Å². The number of hydrogen-bond donors (Lipinski definition) is 2. The number of hydrogen-bond acceptors (Lipinski definition) is 11. The maximum atomic E-state index is 12.6. The number of rotatable bonds is 8. The molecule has 7 rings (SSSR count). The van der Waals surface area contributed by atoms with E-state index >= 15 is 0 Å². The highest BCUT2D eigenvalue weighted by atomic mass is 32.2. The van der Waals surface area contributed by atoms with Crippen LogP contribution < -0.4 is 10.2 Å². The summed E-state index contributed by atoms with van der Waals surface area (Å²) in [6.07, 6.45) is 14.7. The van der Waals surface area contributed by atoms with Gasteiger partial charge in [0.05, 0.1) is 52.3 Å². The molecule has 0 radical (unpaired) electrons. The van der Waals surface area contributed by atoms with E-state index in [0.717, 1.165) is 72.8 Å². The van der Waals surface area contributed by atoms with Gasteiger partial charge in [0, 0.05) is 64.4 Å². The number of carbonyl (C=O) groups is 1. The number of pyridine rings is 1. The number of nitrogens with one attached hydrogen (secondary N) is 1. The third-order valence-electron chi connectivity index (χ3n) is 9.74. The second-order valence-electron chi connectivity index (χ2n) is 13.5. The van der Waals surface area contributed by atoms with Gasteiger partial charge in [-0.1, -0.05) is 18.8 Å². The average Bonchev–Trinajstić information content (AvgIpc) is 3.67. The molecule has 2 aliphatic heterocycles. The van der Waals surface area contributed by atoms with Crippen molar-refractivity contribution in [2.24, 2.45) is 5.41 Å². The predicted molar refractivity (Wildman–Crippen MR) is 183 cm³/mol. The van der Waals surface area contributed by atoms with E-state index in [4.69, 9.17) is 0 Å². The monoisotopic (exact) mass is 684 g/mol. The Hall–Kier alpha value is -4.81. The Morgan fingerprint density at radius 2 is 1.78 bits per heavy atom. The molecule has 1 saturated carbocycles. The van der Waals surface area contributed by atoms with Crippen molar-refractivity contribution in [2.45, 2.75) is 63.7 Å². The Bertz CT molecular complexity index is 2010. The first kappa shape index (κ1) is 32.7. The number of piperidine rings is 2. The Labute approximate surface area is 285 Å². The highest BCUT2D eigenvalue weighted by molar-refractivity contribution is 7.90. The van der Waals surface area contributed by atoms with Crippen molar-refractivity contribution >= 4 is 33.3 Å². The predicted octanol–water partition coefficient (Wildman–Crippen LogP) is 3.20. The zero-order valence-corrected chi connectivity index (χ0v) is 28.5. The lowest BCUT2D eigenvalue weighted by atomic mass is 9.81. The quantitative estimate of drug-likeness (QED) is 0.262. The molecule has 3 fully saturated rings. The number of aromatic nitrogens is 7. The van der Waals surface area contributed by atoms with Gasteiger partial charge in [-0.25, -0.2) is 23.4 Å². The average molecular weight is 685 g/mol. The Morgan fingerprint density at radius 1 is 1.00 bits per heavy atom. The molecule has 0 atom stereocenters. The van der Waals surface area contributed by atoms with Crippen molar-refractivity contribution in [2.75, 3.05) is 43.0 Å². The molecule has 3 aliphatic rings. The number of nitrogens with zero attached hydrogens (tertiary/aromatic N) is 9. The van der Waals surface area contributed by atoms with Gasteiger partial charge in [0.1, 0.15) is 11.6 Å². The maximum absolute atomic E-state index is 12.6. The van der Waals surface area contributed by atoms with Crippen molar-refractivity contribution in [3.05, 3.63) is 60.4 Å². The fourth-order valence-electron chi connectivity index (χ4n) is 6.28. The minimum atomic E-state index is -3.49. The van der Waals surface area contributed by atoms with Crippen LogP contribution in [0.5, 0.6) is 0 Å². The fraction of sp³-hybridized carbons (Fsp3) is 0.471. The molecule has 4 aromatic rings. The standard InChI is InChI=1S/C34H40N10O4S/c1-24(46)41-13-8-28(9-14-41)43-21-25(18-37-43)3-4-26-19-36-32(17-30(26)42-15-10-34(2,23-45)11-16-42)39-31-7-12-35-33(40-31)27-20-38-44(22-27)49(47,48)29-5-6-29/h7,12,17-22,28-29,45H,5-6,8-11,13-16,23H2,1-2H3,(H,35,36,39,40). The third-order valence-corrected chi connectivity index (χ3v) is 11.8. The summed E-state index contributed by atoms with van der Waals surface area (Å²) in [5, 5.41) is 21.5. The molecule has 15 heteroatoms. The van der Waals surface area contributed by atoms with Gasteiger partial charge in [-0.3, -0.25) is 9.48 Å². The lowest BCUT2D eigenvalue weighted by Crippen LogP contribution is -2.40. The molecule has 14 nitrogen and oxygen atoms in total. The first-order valence-corrected chi connectivity index (χ1v) is 18.2. The van der Waals surface area contributed by atoms with Crippen LogP contribution in [0.2, 0.25) is 0 Å². The van der Waals surface area contributed by atoms with Gasteiger partial charge in [-0.2, -0.15) is 14.3 Å². The molecule has 49 heavy (non-hydrogen) atoms. The summed E-state index contributed by atoms with van der Waals surface area (Å²) in [4.78, 5) is 29.5. The molecule has 1 amide bonds. The molecular weight excluding hydrogens is 645 g/mol. The van der Waals surface area contributed by atoms with Crippen LogP contribution in [0.3, 0.4) is 0 Å². The number of likely N-dealkylation sites (tertiary alicyclic amines) is 1. The first-order chi connectivity index (χ1) is 23.6. The largest absolute Gasteiger partial charge is 0.396 e. The molecule has 256 valence electrons. The lowest BCUT2D eigenvalue weighted by Gasteiger charge is -2.39. The van der Waals surface area contributed by atoms with Crippen molar-refractivity contribution in [3.63, 3.8) is 0 Å². The summed E-state index contributed by atoms with van der Waals surface area (Å²) in [5.41, 5.74) is 2.88. The van der Waals surface area contributed by atoms with Crippen LogP contribution in [0.15, 0.2) is 49.3 Å². The van der Waals surface area contributed by atoms with E-state index in [9.17, 15) is 18.3 Å². The van der Waals surface area contributed by atoms with Crippen LogP contribution in [-0.4, -0.2) is 96.3 Å². The van der Waals surface area contributed by atoms with Gasteiger partial charge >= 0.3 is 0 Å². The molecule has 0 bridgehead atoms. The molecule has 0 spiro atoms. The van der Waals surface area contributed by atoms with Gasteiger partial charge in [-0.15, -0.1) is 0 Å². The lowest BCUT2D eigenvalue weighted by molar-refractivity contribution is -0.130. The highest BCUT2D eigenvalue weighted by Crippen LogP contribution is 2.35. The van der Waals surface area contributed by atoms with E-state index in [-0.39, 0.29) is 29.2 Å². The van der Waals surface area contributed by atoms with E-state index in [2.05, 4.69) is 54.1 Å². The smallest absolute Gasteiger partial charge is 0.256 e. The van der Waals surface area contributed by atoms with Crippen LogP contribution in [0.25, 0.3) is 11.4 Å². The number of aliphatic hydroxyl groups is 1. The van der Waals surface area contributed by atoms with Gasteiger partial charge in [0.25, 0.3) is 10.0 Å². The van der Waals surface area contributed by atoms with Crippen LogP contribution in [0.1, 0.15) is 69.5 Å². The number of amides is 1. The molecule has 2 saturated heterocycles. The van der Waals surface area contributed by atoms with Crippen molar-refractivity contribution in [3.8, 4) is 23.2 Å². The van der Waals surface area contributed by atoms with Crippen LogP contribution in [0.4, 0.5) is 17.3 Å². The minimum Gasteiger partial charge on any atom is -0.396 e.